The Morgan fingerprint density at radius 1 is 1.59 bits per heavy atom. The third kappa shape index (κ3) is 3.71. The van der Waals surface area contributed by atoms with Crippen molar-refractivity contribution in [3.8, 4) is 0 Å². The molecule has 0 radical (unpaired) electrons. The summed E-state index contributed by atoms with van der Waals surface area (Å²) in [7, 11) is 1.23. The van der Waals surface area contributed by atoms with Crippen molar-refractivity contribution < 1.29 is 19.4 Å². The van der Waals surface area contributed by atoms with Gasteiger partial charge in [0.2, 0.25) is 5.82 Å². The van der Waals surface area contributed by atoms with Gasteiger partial charge < -0.3 is 15.2 Å². The van der Waals surface area contributed by atoms with Gasteiger partial charge in [-0.2, -0.15) is 0 Å². The number of carbonyl (C=O) groups is 2. The highest BCUT2D eigenvalue weighted by molar-refractivity contribution is 5.85. The van der Waals surface area contributed by atoms with E-state index in [1.54, 1.807) is 13.0 Å². The monoisotopic (exact) mass is 239 g/mol. The summed E-state index contributed by atoms with van der Waals surface area (Å²) in [6.45, 7) is 1.78. The number of hydrogen-bond donors (Lipinski definition) is 2. The van der Waals surface area contributed by atoms with Crippen molar-refractivity contribution in [2.75, 3.05) is 19.0 Å². The first-order valence-electron chi connectivity index (χ1n) is 4.92. The number of nitrogens with one attached hydrogen (secondary N) is 1. The second-order valence-electron chi connectivity index (χ2n) is 3.38. The minimum absolute atomic E-state index is 0.0690. The average Bonchev–Trinajstić information content (AvgIpc) is 2.35. The summed E-state index contributed by atoms with van der Waals surface area (Å²) in [6, 6.07) is 1.54. The van der Waals surface area contributed by atoms with E-state index in [-0.39, 0.29) is 12.4 Å². The Kier molecular flexibility index (Phi) is 4.38. The molecule has 0 aliphatic heterocycles. The lowest BCUT2D eigenvalue weighted by atomic mass is 10.2. The van der Waals surface area contributed by atoms with E-state index in [1.807, 2.05) is 0 Å². The van der Waals surface area contributed by atoms with Crippen molar-refractivity contribution in [3.05, 3.63) is 18.1 Å². The molecule has 0 aliphatic carbocycles. The third-order valence-electron chi connectivity index (χ3n) is 2.03. The Morgan fingerprint density at radius 2 is 2.29 bits per heavy atom. The maximum absolute atomic E-state index is 11.1. The Bertz CT molecular complexity index is 422. The van der Waals surface area contributed by atoms with Gasteiger partial charge in [-0.3, -0.25) is 4.79 Å². The molecule has 0 saturated heterocycles. The molecule has 1 heterocycles. The quantitative estimate of drug-likeness (QED) is 0.717. The third-order valence-corrected chi connectivity index (χ3v) is 2.03. The number of aliphatic carboxylic acids is 1. The molecule has 1 rings (SSSR count). The number of methoxy groups -OCH3 is 1. The summed E-state index contributed by atoms with van der Waals surface area (Å²) < 4.78 is 4.47. The van der Waals surface area contributed by atoms with E-state index < -0.39 is 17.9 Å². The number of esters is 1. The molecular formula is C10H13N3O4. The zero-order valence-electron chi connectivity index (χ0n) is 9.51. The van der Waals surface area contributed by atoms with Crippen molar-refractivity contribution in [1.29, 1.82) is 0 Å². The van der Waals surface area contributed by atoms with Crippen molar-refractivity contribution in [2.45, 2.75) is 6.92 Å². The van der Waals surface area contributed by atoms with Gasteiger partial charge in [0, 0.05) is 12.7 Å². The van der Waals surface area contributed by atoms with Gasteiger partial charge in [0.15, 0.2) is 0 Å². The Labute approximate surface area is 97.8 Å². The zero-order valence-corrected chi connectivity index (χ0v) is 9.51. The van der Waals surface area contributed by atoms with Gasteiger partial charge in [-0.05, 0) is 6.07 Å². The topological polar surface area (TPSA) is 101 Å². The molecular weight excluding hydrogens is 226 g/mol. The van der Waals surface area contributed by atoms with Crippen molar-refractivity contribution >= 4 is 17.8 Å². The highest BCUT2D eigenvalue weighted by Crippen LogP contribution is 2.04. The predicted octanol–water partition coefficient (Wildman–Crippen LogP) is 0.396. The van der Waals surface area contributed by atoms with Crippen LogP contribution >= 0.6 is 0 Å². The van der Waals surface area contributed by atoms with E-state index in [0.717, 1.165) is 0 Å². The Balaban J connectivity index is 2.66. The number of carboxylic acid groups (broad SMARTS) is 1. The number of aromatic nitrogens is 2. The normalized spacial score (nSPS) is 11.6. The number of ether oxygens (including phenoxy) is 1. The van der Waals surface area contributed by atoms with E-state index >= 15 is 0 Å². The number of rotatable bonds is 5. The molecule has 7 heteroatoms. The summed E-state index contributed by atoms with van der Waals surface area (Å²) >= 11 is 0. The minimum atomic E-state index is -0.903. The molecule has 0 amide bonds. The summed E-state index contributed by atoms with van der Waals surface area (Å²) in [4.78, 5) is 29.4. The number of hydrogen-bond acceptors (Lipinski definition) is 6. The lowest BCUT2D eigenvalue weighted by molar-refractivity contribution is -0.140. The molecule has 0 aliphatic rings. The highest BCUT2D eigenvalue weighted by Gasteiger charge is 2.12. The van der Waals surface area contributed by atoms with E-state index in [1.165, 1.54) is 13.3 Å². The second kappa shape index (κ2) is 5.78. The van der Waals surface area contributed by atoms with Gasteiger partial charge in [0.05, 0.1) is 13.0 Å². The summed E-state index contributed by atoms with van der Waals surface area (Å²) in [5, 5.41) is 11.5. The lowest BCUT2D eigenvalue weighted by Gasteiger charge is -2.08. The van der Waals surface area contributed by atoms with Crippen molar-refractivity contribution in [1.82, 2.24) is 9.97 Å². The minimum Gasteiger partial charge on any atom is -0.481 e. The average molecular weight is 239 g/mol. The van der Waals surface area contributed by atoms with Crippen molar-refractivity contribution in [2.24, 2.45) is 5.92 Å². The van der Waals surface area contributed by atoms with Crippen LogP contribution in [0.15, 0.2) is 12.3 Å². The van der Waals surface area contributed by atoms with Crippen LogP contribution in [0, 0.1) is 5.92 Å². The number of nitrogens with zero attached hydrogens (tertiary/aromatic N) is 2. The van der Waals surface area contributed by atoms with Crippen LogP contribution in [0.5, 0.6) is 0 Å². The van der Waals surface area contributed by atoms with Gasteiger partial charge in [-0.1, -0.05) is 6.92 Å². The fraction of sp³-hybridized carbons (Fsp3) is 0.400. The van der Waals surface area contributed by atoms with Gasteiger partial charge >= 0.3 is 11.9 Å². The zero-order chi connectivity index (χ0) is 12.8. The van der Waals surface area contributed by atoms with E-state index in [0.29, 0.717) is 5.82 Å². The smallest absolute Gasteiger partial charge is 0.376 e. The maximum Gasteiger partial charge on any atom is 0.376 e. The molecule has 0 aromatic carbocycles. The molecule has 2 N–H and O–H groups in total. The molecule has 1 unspecified atom stereocenters. The van der Waals surface area contributed by atoms with Crippen LogP contribution in [-0.2, 0) is 9.53 Å². The predicted molar refractivity (Wildman–Crippen MR) is 58.7 cm³/mol. The maximum atomic E-state index is 11.1. The number of anilines is 1. The summed E-state index contributed by atoms with van der Waals surface area (Å²) in [5.41, 5.74) is 0. The first kappa shape index (κ1) is 12.9. The Hall–Kier alpha value is -2.18. The molecule has 1 atom stereocenters. The van der Waals surface area contributed by atoms with Crippen LogP contribution in [0.3, 0.4) is 0 Å². The molecule has 7 nitrogen and oxygen atoms in total. The van der Waals surface area contributed by atoms with Crippen molar-refractivity contribution in [3.63, 3.8) is 0 Å². The van der Waals surface area contributed by atoms with Gasteiger partial charge in [0.25, 0.3) is 0 Å². The van der Waals surface area contributed by atoms with Gasteiger partial charge in [-0.15, -0.1) is 0 Å². The summed E-state index contributed by atoms with van der Waals surface area (Å²) in [5.74, 6) is -1.78. The molecule has 0 saturated carbocycles. The second-order valence-corrected chi connectivity index (χ2v) is 3.38. The number of carboxylic acids is 1. The van der Waals surface area contributed by atoms with Crippen LogP contribution in [0.1, 0.15) is 17.5 Å². The first-order valence-corrected chi connectivity index (χ1v) is 4.92. The van der Waals surface area contributed by atoms with Crippen LogP contribution in [-0.4, -0.2) is 40.7 Å². The lowest BCUT2D eigenvalue weighted by Crippen LogP contribution is -2.20. The van der Waals surface area contributed by atoms with Gasteiger partial charge in [0.1, 0.15) is 5.82 Å². The fourth-order valence-corrected chi connectivity index (χ4v) is 0.992. The Morgan fingerprint density at radius 3 is 2.88 bits per heavy atom. The first-order chi connectivity index (χ1) is 8.04. The molecule has 0 spiro atoms. The highest BCUT2D eigenvalue weighted by atomic mass is 16.5. The largest absolute Gasteiger partial charge is 0.481 e. The SMILES string of the molecule is COC(=O)c1nccc(NCC(C)C(=O)O)n1. The van der Waals surface area contributed by atoms with Crippen LogP contribution in [0.25, 0.3) is 0 Å². The fourth-order valence-electron chi connectivity index (χ4n) is 0.992. The molecule has 1 aromatic heterocycles. The molecule has 0 bridgehead atoms. The molecule has 1 aromatic rings. The van der Waals surface area contributed by atoms with Gasteiger partial charge in [-0.25, -0.2) is 14.8 Å². The molecule has 92 valence electrons. The van der Waals surface area contributed by atoms with Crippen LogP contribution in [0.2, 0.25) is 0 Å². The number of carbonyl (C=O) groups excluding carboxylic acids is 1. The standard InChI is InChI=1S/C10H13N3O4/c1-6(9(14)15)5-12-7-3-4-11-8(13-7)10(16)17-2/h3-4,6H,5H2,1-2H3,(H,14,15)(H,11,12,13). The van der Waals surface area contributed by atoms with E-state index in [2.05, 4.69) is 20.0 Å². The summed E-state index contributed by atoms with van der Waals surface area (Å²) in [6.07, 6.45) is 1.40. The molecule has 0 fully saturated rings. The van der Waals surface area contributed by atoms with E-state index in [4.69, 9.17) is 5.11 Å². The van der Waals surface area contributed by atoms with E-state index in [9.17, 15) is 9.59 Å². The molecule has 17 heavy (non-hydrogen) atoms. The van der Waals surface area contributed by atoms with Crippen LogP contribution < -0.4 is 5.32 Å². The van der Waals surface area contributed by atoms with Crippen LogP contribution in [0.4, 0.5) is 5.82 Å².